The van der Waals surface area contributed by atoms with Crippen LogP contribution in [0.1, 0.15) is 30.6 Å². The Morgan fingerprint density at radius 2 is 1.71 bits per heavy atom. The Hall–Kier alpha value is -2.74. The summed E-state index contributed by atoms with van der Waals surface area (Å²) >= 11 is 0. The maximum Gasteiger partial charge on any atom is 0.255 e. The highest BCUT2D eigenvalue weighted by Crippen LogP contribution is 2.29. The van der Waals surface area contributed by atoms with Crippen LogP contribution in [-0.4, -0.2) is 39.8 Å². The first-order valence-electron chi connectivity index (χ1n) is 9.26. The Balaban J connectivity index is 1.73. The zero-order valence-corrected chi connectivity index (χ0v) is 16.8. The quantitative estimate of drug-likeness (QED) is 0.766. The molecule has 0 radical (unpaired) electrons. The molecule has 0 aromatic heterocycles. The van der Waals surface area contributed by atoms with E-state index in [2.05, 4.69) is 5.32 Å². The monoisotopic (exact) mass is 404 g/mol. The number of sulfonamides is 1. The number of hydrogen-bond acceptors (Lipinski definition) is 5. The summed E-state index contributed by atoms with van der Waals surface area (Å²) in [5, 5.41) is 2.81. The predicted octanol–water partition coefficient (Wildman–Crippen LogP) is 3.28. The SMILES string of the molecule is CCOc1ccc(C(=O)Nc2ccc(N3CCCS3(=O)=O)cc2)cc1OCC. The third-order valence-electron chi connectivity index (χ3n) is 4.32. The van der Waals surface area contributed by atoms with Crippen LogP contribution in [0.5, 0.6) is 11.5 Å². The molecule has 0 aliphatic carbocycles. The fraction of sp³-hybridized carbons (Fsp3) is 0.350. The highest BCUT2D eigenvalue weighted by Gasteiger charge is 2.28. The summed E-state index contributed by atoms with van der Waals surface area (Å²) in [5.41, 5.74) is 1.63. The molecule has 0 unspecified atom stereocenters. The number of hydrogen-bond donors (Lipinski definition) is 1. The second-order valence-electron chi connectivity index (χ2n) is 6.27. The molecule has 8 heteroatoms. The standard InChI is InChI=1S/C20H24N2O5S/c1-3-26-18-11-6-15(14-19(18)27-4-2)20(23)21-16-7-9-17(10-8-16)22-12-5-13-28(22,24)25/h6-11,14H,3-5,12-13H2,1-2H3,(H,21,23). The zero-order valence-electron chi connectivity index (χ0n) is 16.0. The van der Waals surface area contributed by atoms with Crippen LogP contribution in [0.2, 0.25) is 0 Å². The molecule has 0 atom stereocenters. The Morgan fingerprint density at radius 3 is 2.32 bits per heavy atom. The zero-order chi connectivity index (χ0) is 20.1. The lowest BCUT2D eigenvalue weighted by Gasteiger charge is -2.17. The van der Waals surface area contributed by atoms with Crippen molar-refractivity contribution in [3.8, 4) is 11.5 Å². The Morgan fingerprint density at radius 1 is 1.04 bits per heavy atom. The van der Waals surface area contributed by atoms with Gasteiger partial charge in [0.1, 0.15) is 0 Å². The molecule has 3 rings (SSSR count). The van der Waals surface area contributed by atoms with E-state index < -0.39 is 10.0 Å². The minimum atomic E-state index is -3.22. The van der Waals surface area contributed by atoms with Gasteiger partial charge in [-0.15, -0.1) is 0 Å². The fourth-order valence-electron chi connectivity index (χ4n) is 3.04. The molecule has 0 saturated carbocycles. The minimum absolute atomic E-state index is 0.172. The van der Waals surface area contributed by atoms with E-state index >= 15 is 0 Å². The van der Waals surface area contributed by atoms with Gasteiger partial charge in [0, 0.05) is 17.8 Å². The van der Waals surface area contributed by atoms with Crippen LogP contribution in [-0.2, 0) is 10.0 Å². The van der Waals surface area contributed by atoms with Gasteiger partial charge in [0.25, 0.3) is 5.91 Å². The number of nitrogens with zero attached hydrogens (tertiary/aromatic N) is 1. The number of benzene rings is 2. The molecule has 1 aliphatic rings. The lowest BCUT2D eigenvalue weighted by molar-refractivity contribution is 0.102. The summed E-state index contributed by atoms with van der Waals surface area (Å²) in [6, 6.07) is 11.8. The molecule has 1 amide bonds. The third kappa shape index (κ3) is 4.39. The topological polar surface area (TPSA) is 84.9 Å². The molecule has 150 valence electrons. The van der Waals surface area contributed by atoms with E-state index in [0.29, 0.717) is 54.6 Å². The molecule has 1 fully saturated rings. The average molecular weight is 404 g/mol. The number of anilines is 2. The second kappa shape index (κ2) is 8.52. The maximum atomic E-state index is 12.6. The summed E-state index contributed by atoms with van der Waals surface area (Å²) in [5.74, 6) is 1.000. The third-order valence-corrected chi connectivity index (χ3v) is 6.19. The van der Waals surface area contributed by atoms with Crippen LogP contribution in [0.25, 0.3) is 0 Å². The first kappa shape index (κ1) is 20.0. The lowest BCUT2D eigenvalue weighted by Crippen LogP contribution is -2.24. The van der Waals surface area contributed by atoms with Crippen molar-refractivity contribution in [3.05, 3.63) is 48.0 Å². The van der Waals surface area contributed by atoms with Crippen molar-refractivity contribution in [1.29, 1.82) is 0 Å². The van der Waals surface area contributed by atoms with Crippen molar-refractivity contribution in [1.82, 2.24) is 0 Å². The van der Waals surface area contributed by atoms with Crippen LogP contribution in [0.3, 0.4) is 0 Å². The van der Waals surface area contributed by atoms with Gasteiger partial charge in [-0.3, -0.25) is 9.10 Å². The Bertz CT molecular complexity index is 942. The largest absolute Gasteiger partial charge is 0.490 e. The van der Waals surface area contributed by atoms with Crippen molar-refractivity contribution < 1.29 is 22.7 Å². The van der Waals surface area contributed by atoms with Gasteiger partial charge < -0.3 is 14.8 Å². The van der Waals surface area contributed by atoms with Gasteiger partial charge >= 0.3 is 0 Å². The van der Waals surface area contributed by atoms with Gasteiger partial charge in [0.15, 0.2) is 11.5 Å². The molecule has 1 saturated heterocycles. The van der Waals surface area contributed by atoms with Crippen LogP contribution in [0.4, 0.5) is 11.4 Å². The first-order chi connectivity index (χ1) is 13.4. The predicted molar refractivity (Wildman–Crippen MR) is 109 cm³/mol. The number of rotatable bonds is 7. The van der Waals surface area contributed by atoms with Gasteiger partial charge in [0.05, 0.1) is 24.7 Å². The van der Waals surface area contributed by atoms with Gasteiger partial charge in [0.2, 0.25) is 10.0 Å². The minimum Gasteiger partial charge on any atom is -0.490 e. The van der Waals surface area contributed by atoms with Crippen molar-refractivity contribution in [3.63, 3.8) is 0 Å². The average Bonchev–Trinajstić information content (AvgIpc) is 3.03. The van der Waals surface area contributed by atoms with E-state index in [9.17, 15) is 13.2 Å². The smallest absolute Gasteiger partial charge is 0.255 e. The Kier molecular flexibility index (Phi) is 6.08. The van der Waals surface area contributed by atoms with E-state index in [1.807, 2.05) is 13.8 Å². The number of carbonyl (C=O) groups excluding carboxylic acids is 1. The normalized spacial score (nSPS) is 15.3. The molecule has 0 spiro atoms. The number of nitrogens with one attached hydrogen (secondary N) is 1. The van der Waals surface area contributed by atoms with E-state index in [1.165, 1.54) is 4.31 Å². The molecule has 1 N–H and O–H groups in total. The van der Waals surface area contributed by atoms with E-state index in [1.54, 1.807) is 42.5 Å². The van der Waals surface area contributed by atoms with Crippen LogP contribution >= 0.6 is 0 Å². The maximum absolute atomic E-state index is 12.6. The molecule has 2 aromatic carbocycles. The van der Waals surface area contributed by atoms with Crippen molar-refractivity contribution in [2.45, 2.75) is 20.3 Å². The number of carbonyl (C=O) groups is 1. The lowest BCUT2D eigenvalue weighted by atomic mass is 10.1. The first-order valence-corrected chi connectivity index (χ1v) is 10.9. The highest BCUT2D eigenvalue weighted by atomic mass is 32.2. The molecule has 1 heterocycles. The molecule has 1 aliphatic heterocycles. The van der Waals surface area contributed by atoms with E-state index in [-0.39, 0.29) is 11.7 Å². The molecular weight excluding hydrogens is 380 g/mol. The van der Waals surface area contributed by atoms with Crippen molar-refractivity contribution >= 4 is 27.3 Å². The summed E-state index contributed by atoms with van der Waals surface area (Å²) < 4.78 is 36.5. The highest BCUT2D eigenvalue weighted by molar-refractivity contribution is 7.93. The summed E-state index contributed by atoms with van der Waals surface area (Å²) in [6.45, 7) is 5.20. The molecule has 2 aromatic rings. The van der Waals surface area contributed by atoms with Gasteiger partial charge in [-0.2, -0.15) is 0 Å². The van der Waals surface area contributed by atoms with Crippen molar-refractivity contribution in [2.24, 2.45) is 0 Å². The van der Waals surface area contributed by atoms with Gasteiger partial charge in [-0.1, -0.05) is 0 Å². The molecule has 28 heavy (non-hydrogen) atoms. The summed E-state index contributed by atoms with van der Waals surface area (Å²) in [7, 11) is -3.22. The summed E-state index contributed by atoms with van der Waals surface area (Å²) in [6.07, 6.45) is 0.626. The van der Waals surface area contributed by atoms with Crippen LogP contribution in [0.15, 0.2) is 42.5 Å². The van der Waals surface area contributed by atoms with Gasteiger partial charge in [-0.05, 0) is 62.7 Å². The van der Waals surface area contributed by atoms with Crippen molar-refractivity contribution in [2.75, 3.05) is 35.1 Å². The summed E-state index contributed by atoms with van der Waals surface area (Å²) in [4.78, 5) is 12.6. The van der Waals surface area contributed by atoms with Crippen LogP contribution in [0, 0.1) is 0 Å². The van der Waals surface area contributed by atoms with E-state index in [0.717, 1.165) is 0 Å². The van der Waals surface area contributed by atoms with Crippen LogP contribution < -0.4 is 19.1 Å². The van der Waals surface area contributed by atoms with E-state index in [4.69, 9.17) is 9.47 Å². The molecular formula is C20H24N2O5S. The Labute approximate surface area is 165 Å². The number of amides is 1. The fourth-order valence-corrected chi connectivity index (χ4v) is 4.60. The number of ether oxygens (including phenoxy) is 2. The molecule has 0 bridgehead atoms. The second-order valence-corrected chi connectivity index (χ2v) is 8.28. The van der Waals surface area contributed by atoms with Gasteiger partial charge in [-0.25, -0.2) is 8.42 Å². The molecule has 7 nitrogen and oxygen atoms in total.